The zero-order chi connectivity index (χ0) is 12.2. The molecule has 0 aliphatic heterocycles. The molecule has 1 aromatic heterocycles. The largest absolute Gasteiger partial charge is 0.357 e. The van der Waals surface area contributed by atoms with E-state index in [0.717, 1.165) is 6.54 Å². The Morgan fingerprint density at radius 3 is 2.69 bits per heavy atom. The highest BCUT2D eigenvalue weighted by Crippen LogP contribution is 2.01. The quantitative estimate of drug-likeness (QED) is 0.810. The fourth-order valence-electron chi connectivity index (χ4n) is 1.45. The molecule has 1 unspecified atom stereocenters. The third-order valence-electron chi connectivity index (χ3n) is 2.47. The van der Waals surface area contributed by atoms with Crippen LogP contribution in [0.2, 0.25) is 0 Å². The predicted octanol–water partition coefficient (Wildman–Crippen LogP) is 0.938. The molecule has 1 aromatic rings. The molecule has 0 spiro atoms. The Hall–Kier alpha value is -0.810. The Morgan fingerprint density at radius 1 is 1.50 bits per heavy atom. The molecule has 0 bridgehead atoms. The molecule has 0 amide bonds. The number of nitrogens with one attached hydrogen (secondary N) is 1. The summed E-state index contributed by atoms with van der Waals surface area (Å²) < 4.78 is 24.0. The minimum absolute atomic E-state index is 0.218. The van der Waals surface area contributed by atoms with E-state index in [4.69, 9.17) is 0 Å². The molecule has 0 aliphatic rings. The van der Waals surface area contributed by atoms with Crippen molar-refractivity contribution in [1.29, 1.82) is 0 Å². The third kappa shape index (κ3) is 5.32. The number of aryl methyl sites for hydroxylation is 1. The summed E-state index contributed by atoms with van der Waals surface area (Å²) in [6.07, 6.45) is 5.98. The van der Waals surface area contributed by atoms with Gasteiger partial charge in [-0.3, -0.25) is 0 Å². The molecule has 16 heavy (non-hydrogen) atoms. The Labute approximate surface area is 97.6 Å². The Kier molecular flexibility index (Phi) is 4.56. The van der Waals surface area contributed by atoms with Crippen LogP contribution in [-0.2, 0) is 23.4 Å². The van der Waals surface area contributed by atoms with Gasteiger partial charge in [-0.1, -0.05) is 0 Å². The number of hydrogen-bond acceptors (Lipinski definition) is 3. The average molecular weight is 244 g/mol. The van der Waals surface area contributed by atoms with Crippen molar-refractivity contribution < 1.29 is 8.42 Å². The van der Waals surface area contributed by atoms with Crippen LogP contribution in [0.5, 0.6) is 0 Å². The van der Waals surface area contributed by atoms with Gasteiger partial charge >= 0.3 is 0 Å². The van der Waals surface area contributed by atoms with Crippen molar-refractivity contribution in [2.45, 2.75) is 25.9 Å². The second-order valence-corrected chi connectivity index (χ2v) is 6.65. The second kappa shape index (κ2) is 5.50. The minimum Gasteiger partial charge on any atom is -0.357 e. The molecular formula is C11H20N2O2S. The molecule has 0 aromatic carbocycles. The van der Waals surface area contributed by atoms with Gasteiger partial charge in [0.25, 0.3) is 0 Å². The summed E-state index contributed by atoms with van der Waals surface area (Å²) >= 11 is 0. The van der Waals surface area contributed by atoms with E-state index in [1.807, 2.05) is 24.7 Å². The molecule has 0 fully saturated rings. The van der Waals surface area contributed by atoms with Gasteiger partial charge in [0.05, 0.1) is 5.75 Å². The van der Waals surface area contributed by atoms with E-state index in [1.165, 1.54) is 11.8 Å². The molecule has 1 atom stereocenters. The highest BCUT2D eigenvalue weighted by Gasteiger charge is 2.07. The van der Waals surface area contributed by atoms with Crippen LogP contribution in [0.25, 0.3) is 0 Å². The van der Waals surface area contributed by atoms with Crippen molar-refractivity contribution in [3.05, 3.63) is 24.0 Å². The van der Waals surface area contributed by atoms with Gasteiger partial charge in [-0.15, -0.1) is 0 Å². The maximum Gasteiger partial charge on any atom is 0.147 e. The van der Waals surface area contributed by atoms with Gasteiger partial charge in [-0.25, -0.2) is 8.42 Å². The molecule has 1 rings (SSSR count). The second-order valence-electron chi connectivity index (χ2n) is 4.39. The van der Waals surface area contributed by atoms with Gasteiger partial charge in [-0.2, -0.15) is 0 Å². The van der Waals surface area contributed by atoms with Gasteiger partial charge in [-0.05, 0) is 25.0 Å². The van der Waals surface area contributed by atoms with Crippen molar-refractivity contribution in [3.63, 3.8) is 0 Å². The van der Waals surface area contributed by atoms with Crippen molar-refractivity contribution in [3.8, 4) is 0 Å². The highest BCUT2D eigenvalue weighted by molar-refractivity contribution is 7.90. The first-order valence-corrected chi connectivity index (χ1v) is 7.45. The summed E-state index contributed by atoms with van der Waals surface area (Å²) in [6, 6.07) is 2.27. The number of aromatic nitrogens is 1. The van der Waals surface area contributed by atoms with Gasteiger partial charge in [0.2, 0.25) is 0 Å². The van der Waals surface area contributed by atoms with Gasteiger partial charge in [0, 0.05) is 38.3 Å². The van der Waals surface area contributed by atoms with E-state index in [0.29, 0.717) is 6.42 Å². The van der Waals surface area contributed by atoms with Crippen molar-refractivity contribution in [2.75, 3.05) is 12.0 Å². The van der Waals surface area contributed by atoms with Crippen molar-refractivity contribution >= 4 is 9.84 Å². The summed E-state index contributed by atoms with van der Waals surface area (Å²) in [5.41, 5.74) is 1.22. The molecule has 92 valence electrons. The van der Waals surface area contributed by atoms with Crippen LogP contribution in [0.15, 0.2) is 18.5 Å². The fraction of sp³-hybridized carbons (Fsp3) is 0.636. The van der Waals surface area contributed by atoms with Gasteiger partial charge in [0.15, 0.2) is 0 Å². The van der Waals surface area contributed by atoms with E-state index >= 15 is 0 Å². The van der Waals surface area contributed by atoms with Gasteiger partial charge in [0.1, 0.15) is 9.84 Å². The first kappa shape index (κ1) is 13.3. The first-order valence-electron chi connectivity index (χ1n) is 5.39. The number of nitrogens with zero attached hydrogens (tertiary/aromatic N) is 1. The summed E-state index contributed by atoms with van der Waals surface area (Å²) in [5.74, 6) is 0.246. The topological polar surface area (TPSA) is 51.1 Å². The zero-order valence-corrected chi connectivity index (χ0v) is 10.9. The van der Waals surface area contributed by atoms with Crippen LogP contribution in [0, 0.1) is 0 Å². The molecule has 0 radical (unpaired) electrons. The first-order chi connectivity index (χ1) is 7.37. The maximum absolute atomic E-state index is 11.0. The number of sulfone groups is 1. The van der Waals surface area contributed by atoms with E-state index in [2.05, 4.69) is 17.6 Å². The summed E-state index contributed by atoms with van der Waals surface area (Å²) in [4.78, 5) is 0. The Bertz CT molecular complexity index is 423. The van der Waals surface area contributed by atoms with E-state index in [9.17, 15) is 8.42 Å². The Balaban J connectivity index is 2.28. The van der Waals surface area contributed by atoms with E-state index < -0.39 is 9.84 Å². The van der Waals surface area contributed by atoms with Gasteiger partial charge < -0.3 is 9.88 Å². The number of rotatable bonds is 6. The normalized spacial score (nSPS) is 13.9. The minimum atomic E-state index is -2.84. The SMILES string of the molecule is CC(CCS(C)(=O)=O)NCc1ccn(C)c1. The molecule has 0 saturated heterocycles. The van der Waals surface area contributed by atoms with Crippen molar-refractivity contribution in [2.24, 2.45) is 7.05 Å². The predicted molar refractivity (Wildman–Crippen MR) is 66.0 cm³/mol. The van der Waals surface area contributed by atoms with Crippen LogP contribution in [-0.4, -0.2) is 31.0 Å². The molecule has 0 saturated carbocycles. The summed E-state index contributed by atoms with van der Waals surface area (Å²) in [6.45, 7) is 2.79. The lowest BCUT2D eigenvalue weighted by Crippen LogP contribution is -2.27. The summed E-state index contributed by atoms with van der Waals surface area (Å²) in [7, 11) is -0.859. The maximum atomic E-state index is 11.0. The van der Waals surface area contributed by atoms with Crippen LogP contribution >= 0.6 is 0 Å². The average Bonchev–Trinajstić information content (AvgIpc) is 2.57. The highest BCUT2D eigenvalue weighted by atomic mass is 32.2. The lowest BCUT2D eigenvalue weighted by atomic mass is 10.2. The molecule has 1 N–H and O–H groups in total. The lowest BCUT2D eigenvalue weighted by Gasteiger charge is -2.12. The van der Waals surface area contributed by atoms with Crippen LogP contribution in [0.1, 0.15) is 18.9 Å². The molecule has 1 heterocycles. The van der Waals surface area contributed by atoms with Crippen LogP contribution in [0.4, 0.5) is 0 Å². The van der Waals surface area contributed by atoms with Crippen LogP contribution < -0.4 is 5.32 Å². The third-order valence-corrected chi connectivity index (χ3v) is 3.45. The molecule has 0 aliphatic carbocycles. The molecular weight excluding hydrogens is 224 g/mol. The number of hydrogen-bond donors (Lipinski definition) is 1. The smallest absolute Gasteiger partial charge is 0.147 e. The van der Waals surface area contributed by atoms with Crippen LogP contribution in [0.3, 0.4) is 0 Å². The molecule has 5 heteroatoms. The standard InChI is InChI=1S/C11H20N2O2S/c1-10(5-7-16(3,14)15)12-8-11-4-6-13(2)9-11/h4,6,9-10,12H,5,7-8H2,1-3H3. The zero-order valence-electron chi connectivity index (χ0n) is 10.1. The van der Waals surface area contributed by atoms with E-state index in [1.54, 1.807) is 0 Å². The molecule has 4 nitrogen and oxygen atoms in total. The monoisotopic (exact) mass is 244 g/mol. The Morgan fingerprint density at radius 2 is 2.19 bits per heavy atom. The fourth-order valence-corrected chi connectivity index (χ4v) is 2.23. The lowest BCUT2D eigenvalue weighted by molar-refractivity contribution is 0.527. The van der Waals surface area contributed by atoms with Crippen molar-refractivity contribution in [1.82, 2.24) is 9.88 Å². The van der Waals surface area contributed by atoms with E-state index in [-0.39, 0.29) is 11.8 Å². The summed E-state index contributed by atoms with van der Waals surface area (Å²) in [5, 5.41) is 3.31.